The number of aromatic nitrogens is 4. The van der Waals surface area contributed by atoms with Crippen LogP contribution in [0.4, 0.5) is 5.95 Å². The summed E-state index contributed by atoms with van der Waals surface area (Å²) in [5.41, 5.74) is 1.05. The van der Waals surface area contributed by atoms with Gasteiger partial charge in [-0.2, -0.15) is 5.26 Å². The second-order valence-electron chi connectivity index (χ2n) is 6.02. The molecule has 2 atom stereocenters. The third-order valence-electron chi connectivity index (χ3n) is 4.31. The Morgan fingerprint density at radius 2 is 2.21 bits per heavy atom. The summed E-state index contributed by atoms with van der Waals surface area (Å²) in [5.74, 6) is 1.42. The number of nitriles is 1. The van der Waals surface area contributed by atoms with Gasteiger partial charge in [-0.15, -0.1) is 0 Å². The molecule has 1 aliphatic heterocycles. The predicted octanol–water partition coefficient (Wildman–Crippen LogP) is 1.02. The summed E-state index contributed by atoms with van der Waals surface area (Å²) in [4.78, 5) is 26.7. The maximum absolute atomic E-state index is 12.2. The van der Waals surface area contributed by atoms with Gasteiger partial charge in [0.15, 0.2) is 0 Å². The molecule has 1 fully saturated rings. The largest absolute Gasteiger partial charge is 0.354 e. The van der Waals surface area contributed by atoms with Crippen LogP contribution in [0.25, 0.3) is 0 Å². The molecule has 0 aliphatic carbocycles. The van der Waals surface area contributed by atoms with Crippen LogP contribution in [-0.2, 0) is 11.8 Å². The average Bonchev–Trinajstić information content (AvgIpc) is 3.08. The first kappa shape index (κ1) is 15.9. The predicted molar refractivity (Wildman–Crippen MR) is 86.8 cm³/mol. The highest BCUT2D eigenvalue weighted by atomic mass is 16.2. The van der Waals surface area contributed by atoms with E-state index in [9.17, 15) is 4.79 Å². The molecule has 0 spiro atoms. The van der Waals surface area contributed by atoms with Crippen LogP contribution < -0.4 is 5.32 Å². The molecule has 3 heterocycles. The molecule has 2 aromatic heterocycles. The van der Waals surface area contributed by atoms with Gasteiger partial charge in [0.05, 0.1) is 6.04 Å². The maximum Gasteiger partial charge on any atom is 0.224 e. The summed E-state index contributed by atoms with van der Waals surface area (Å²) in [7, 11) is 3.73. The molecule has 124 valence electrons. The second kappa shape index (κ2) is 6.28. The summed E-state index contributed by atoms with van der Waals surface area (Å²) in [6.07, 6.45) is 4.05. The van der Waals surface area contributed by atoms with Gasteiger partial charge in [-0.1, -0.05) is 0 Å². The number of amides is 1. The van der Waals surface area contributed by atoms with Gasteiger partial charge in [0, 0.05) is 51.1 Å². The highest BCUT2D eigenvalue weighted by Crippen LogP contribution is 2.35. The number of anilines is 1. The standard InChI is InChI=1S/C16H19N7O/c1-10-6-12(8-17)21-16(20-10)19-9-11-7-13(24)23(3)14(11)15-18-4-5-22(15)2/h4-6,11,14H,7,9H2,1-3H3,(H,19,20,21)/t11-,14+/m0/s1. The van der Waals surface area contributed by atoms with Crippen molar-refractivity contribution >= 4 is 11.9 Å². The third-order valence-corrected chi connectivity index (χ3v) is 4.31. The lowest BCUT2D eigenvalue weighted by molar-refractivity contribution is -0.127. The summed E-state index contributed by atoms with van der Waals surface area (Å²) in [6.45, 7) is 2.35. The van der Waals surface area contributed by atoms with E-state index in [1.807, 2.05) is 30.8 Å². The van der Waals surface area contributed by atoms with Gasteiger partial charge in [0.25, 0.3) is 0 Å². The number of nitrogens with one attached hydrogen (secondary N) is 1. The number of carbonyl (C=O) groups excluding carboxylic acids is 1. The zero-order valence-corrected chi connectivity index (χ0v) is 13.9. The van der Waals surface area contributed by atoms with Crippen molar-refractivity contribution in [1.82, 2.24) is 24.4 Å². The lowest BCUT2D eigenvalue weighted by Gasteiger charge is -2.24. The molecular weight excluding hydrogens is 306 g/mol. The fourth-order valence-corrected chi connectivity index (χ4v) is 3.11. The Morgan fingerprint density at radius 1 is 1.42 bits per heavy atom. The number of carbonyl (C=O) groups is 1. The molecular formula is C16H19N7O. The van der Waals surface area contributed by atoms with Crippen molar-refractivity contribution < 1.29 is 4.79 Å². The van der Waals surface area contributed by atoms with Gasteiger partial charge < -0.3 is 14.8 Å². The Balaban J connectivity index is 1.79. The van der Waals surface area contributed by atoms with E-state index in [-0.39, 0.29) is 17.9 Å². The van der Waals surface area contributed by atoms with Crippen LogP contribution in [0.15, 0.2) is 18.5 Å². The van der Waals surface area contributed by atoms with Gasteiger partial charge in [-0.05, 0) is 13.0 Å². The molecule has 1 amide bonds. The minimum absolute atomic E-state index is 0.0539. The smallest absolute Gasteiger partial charge is 0.224 e. The summed E-state index contributed by atoms with van der Waals surface area (Å²) in [5, 5.41) is 12.2. The number of aryl methyl sites for hydroxylation is 2. The van der Waals surface area contributed by atoms with Gasteiger partial charge in [0.2, 0.25) is 11.9 Å². The van der Waals surface area contributed by atoms with Crippen LogP contribution in [0.1, 0.15) is 29.7 Å². The summed E-state index contributed by atoms with van der Waals surface area (Å²) < 4.78 is 1.93. The zero-order valence-electron chi connectivity index (χ0n) is 13.9. The quantitative estimate of drug-likeness (QED) is 0.901. The van der Waals surface area contributed by atoms with Crippen molar-refractivity contribution in [2.45, 2.75) is 19.4 Å². The second-order valence-corrected chi connectivity index (χ2v) is 6.02. The molecule has 0 unspecified atom stereocenters. The fourth-order valence-electron chi connectivity index (χ4n) is 3.11. The molecule has 0 bridgehead atoms. The molecule has 0 aromatic carbocycles. The van der Waals surface area contributed by atoms with Gasteiger partial charge in [-0.3, -0.25) is 4.79 Å². The first-order valence-corrected chi connectivity index (χ1v) is 7.72. The van der Waals surface area contributed by atoms with Crippen molar-refractivity contribution in [3.05, 3.63) is 35.7 Å². The van der Waals surface area contributed by atoms with E-state index in [2.05, 4.69) is 20.3 Å². The van der Waals surface area contributed by atoms with Crippen LogP contribution in [0, 0.1) is 24.2 Å². The topological polar surface area (TPSA) is 99.7 Å². The third kappa shape index (κ3) is 2.93. The van der Waals surface area contributed by atoms with Gasteiger partial charge in [0.1, 0.15) is 17.6 Å². The Bertz CT molecular complexity index is 807. The molecule has 0 radical (unpaired) electrons. The molecule has 1 aliphatic rings. The van der Waals surface area contributed by atoms with Crippen LogP contribution in [0.2, 0.25) is 0 Å². The monoisotopic (exact) mass is 325 g/mol. The Kier molecular flexibility index (Phi) is 4.16. The van der Waals surface area contributed by atoms with Gasteiger partial charge >= 0.3 is 0 Å². The van der Waals surface area contributed by atoms with E-state index in [0.29, 0.717) is 24.6 Å². The Hall–Kier alpha value is -2.95. The van der Waals surface area contributed by atoms with E-state index in [4.69, 9.17) is 5.26 Å². The van der Waals surface area contributed by atoms with E-state index in [1.165, 1.54) is 0 Å². The van der Waals surface area contributed by atoms with Crippen molar-refractivity contribution in [2.75, 3.05) is 18.9 Å². The molecule has 24 heavy (non-hydrogen) atoms. The fraction of sp³-hybridized carbons (Fsp3) is 0.438. The molecule has 3 rings (SSSR count). The van der Waals surface area contributed by atoms with Crippen LogP contribution in [-0.4, -0.2) is 43.9 Å². The van der Waals surface area contributed by atoms with E-state index < -0.39 is 0 Å². The number of likely N-dealkylation sites (tertiary alicyclic amines) is 1. The summed E-state index contributed by atoms with van der Waals surface area (Å²) >= 11 is 0. The lowest BCUT2D eigenvalue weighted by atomic mass is 9.99. The molecule has 1 N–H and O–H groups in total. The highest BCUT2D eigenvalue weighted by molar-refractivity contribution is 5.79. The highest BCUT2D eigenvalue weighted by Gasteiger charge is 2.40. The van der Waals surface area contributed by atoms with Crippen LogP contribution >= 0.6 is 0 Å². The molecule has 1 saturated heterocycles. The zero-order chi connectivity index (χ0) is 17.3. The molecule has 0 saturated carbocycles. The number of hydrogen-bond donors (Lipinski definition) is 1. The van der Waals surface area contributed by atoms with Crippen molar-refractivity contribution in [1.29, 1.82) is 5.26 Å². The lowest BCUT2D eigenvalue weighted by Crippen LogP contribution is -2.29. The van der Waals surface area contributed by atoms with Gasteiger partial charge in [-0.25, -0.2) is 15.0 Å². The first-order chi connectivity index (χ1) is 11.5. The van der Waals surface area contributed by atoms with E-state index >= 15 is 0 Å². The van der Waals surface area contributed by atoms with E-state index in [1.54, 1.807) is 24.2 Å². The Labute approximate surface area is 140 Å². The minimum Gasteiger partial charge on any atom is -0.354 e. The molecule has 8 nitrogen and oxygen atoms in total. The van der Waals surface area contributed by atoms with Crippen molar-refractivity contribution in [3.63, 3.8) is 0 Å². The maximum atomic E-state index is 12.2. The van der Waals surface area contributed by atoms with Crippen LogP contribution in [0.3, 0.4) is 0 Å². The normalized spacial score (nSPS) is 20.2. The Morgan fingerprint density at radius 3 is 2.88 bits per heavy atom. The summed E-state index contributed by atoms with van der Waals surface area (Å²) in [6, 6.07) is 3.56. The first-order valence-electron chi connectivity index (χ1n) is 7.72. The van der Waals surface area contributed by atoms with Crippen molar-refractivity contribution in [2.24, 2.45) is 13.0 Å². The molecule has 2 aromatic rings. The number of hydrogen-bond acceptors (Lipinski definition) is 6. The van der Waals surface area contributed by atoms with Crippen LogP contribution in [0.5, 0.6) is 0 Å². The SMILES string of the molecule is Cc1cc(C#N)nc(NC[C@@H]2CC(=O)N(C)[C@H]2c2nccn2C)n1. The minimum atomic E-state index is -0.0924. The molecule has 8 heteroatoms. The van der Waals surface area contributed by atoms with E-state index in [0.717, 1.165) is 11.5 Å². The average molecular weight is 325 g/mol. The van der Waals surface area contributed by atoms with Crippen molar-refractivity contribution in [3.8, 4) is 6.07 Å². The number of nitrogens with zero attached hydrogens (tertiary/aromatic N) is 6. The number of imidazole rings is 1. The number of rotatable bonds is 4.